The molecule has 0 radical (unpaired) electrons. The number of nitrogens with one attached hydrogen (secondary N) is 1. The summed E-state index contributed by atoms with van der Waals surface area (Å²) in [5, 5.41) is 2.43. The summed E-state index contributed by atoms with van der Waals surface area (Å²) >= 11 is 0. The van der Waals surface area contributed by atoms with Crippen LogP contribution in [0.2, 0.25) is 0 Å². The van der Waals surface area contributed by atoms with E-state index in [1.165, 1.54) is 28.2 Å². The number of anilines is 2. The van der Waals surface area contributed by atoms with Crippen molar-refractivity contribution in [2.75, 3.05) is 32.7 Å². The Morgan fingerprint density at radius 3 is 1.79 bits per heavy atom. The molecule has 5 N–H and O–H groups in total. The first-order valence-corrected chi connectivity index (χ1v) is 5.46. The number of hydrogen-bond acceptors (Lipinski definition) is 6. The number of ketones is 1. The summed E-state index contributed by atoms with van der Waals surface area (Å²) in [4.78, 5) is 23.5. The maximum Gasteiger partial charge on any atom is 0.257 e. The van der Waals surface area contributed by atoms with E-state index >= 15 is 0 Å². The lowest BCUT2D eigenvalue weighted by Crippen LogP contribution is -2.22. The molecule has 1 aromatic rings. The number of nitrogen functional groups attached to an aromatic ring is 2. The van der Waals surface area contributed by atoms with Gasteiger partial charge in [-0.25, -0.2) is 0 Å². The molecule has 0 spiro atoms. The molecule has 0 fully saturated rings. The number of benzene rings is 1. The van der Waals surface area contributed by atoms with Gasteiger partial charge in [-0.1, -0.05) is 0 Å². The monoisotopic (exact) mass is 267 g/mol. The fourth-order valence-corrected chi connectivity index (χ4v) is 1.87. The van der Waals surface area contributed by atoms with Crippen molar-refractivity contribution < 1.29 is 19.1 Å². The van der Waals surface area contributed by atoms with Crippen LogP contribution in [-0.4, -0.2) is 33.0 Å². The molecule has 0 aliphatic rings. The Morgan fingerprint density at radius 2 is 1.42 bits per heavy atom. The number of amides is 1. The van der Waals surface area contributed by atoms with E-state index in [1.54, 1.807) is 0 Å². The minimum absolute atomic E-state index is 0.0121. The van der Waals surface area contributed by atoms with E-state index in [4.69, 9.17) is 20.9 Å². The van der Waals surface area contributed by atoms with Gasteiger partial charge < -0.3 is 26.3 Å². The Balaban J connectivity index is 3.82. The smallest absolute Gasteiger partial charge is 0.257 e. The number of carbonyl (C=O) groups excluding carboxylic acids is 2. The minimum Gasteiger partial charge on any atom is -0.494 e. The summed E-state index contributed by atoms with van der Waals surface area (Å²) in [6.45, 7) is 1.33. The number of rotatable bonds is 4. The second kappa shape index (κ2) is 5.47. The van der Waals surface area contributed by atoms with Crippen LogP contribution in [0.4, 0.5) is 11.4 Å². The standard InChI is InChI=1S/C12H17N3O4/c1-5(16)6-8(13)11(19-4)7(12(17)15-2)9(14)10(6)18-3/h13-14H2,1-4H3,(H,15,17). The third kappa shape index (κ3) is 2.26. The summed E-state index contributed by atoms with van der Waals surface area (Å²) in [6.07, 6.45) is 0. The van der Waals surface area contributed by atoms with E-state index < -0.39 is 5.91 Å². The molecule has 0 bridgehead atoms. The number of Topliss-reactive ketones (excluding diaryl/α,β-unsaturated/α-hetero) is 1. The van der Waals surface area contributed by atoms with Crippen LogP contribution in [0.25, 0.3) is 0 Å². The van der Waals surface area contributed by atoms with Gasteiger partial charge in [-0.2, -0.15) is 0 Å². The summed E-state index contributed by atoms with van der Waals surface area (Å²) in [7, 11) is 4.13. The first-order chi connectivity index (χ1) is 8.90. The fraction of sp³-hybridized carbons (Fsp3) is 0.333. The molecule has 7 nitrogen and oxygen atoms in total. The number of nitrogens with two attached hydrogens (primary N) is 2. The first-order valence-electron chi connectivity index (χ1n) is 5.46. The topological polar surface area (TPSA) is 117 Å². The molecule has 0 atom stereocenters. The van der Waals surface area contributed by atoms with Crippen molar-refractivity contribution in [3.05, 3.63) is 11.1 Å². The SMILES string of the molecule is CNC(=O)c1c(N)c(OC)c(C(C)=O)c(N)c1OC. The molecule has 0 aliphatic heterocycles. The van der Waals surface area contributed by atoms with E-state index in [1.807, 2.05) is 0 Å². The maximum absolute atomic E-state index is 11.8. The van der Waals surface area contributed by atoms with Crippen LogP contribution in [0.1, 0.15) is 27.6 Å². The van der Waals surface area contributed by atoms with Gasteiger partial charge in [0.15, 0.2) is 17.3 Å². The third-order valence-electron chi connectivity index (χ3n) is 2.70. The molecule has 1 rings (SSSR count). The largest absolute Gasteiger partial charge is 0.494 e. The molecule has 1 aromatic carbocycles. The third-order valence-corrected chi connectivity index (χ3v) is 2.70. The zero-order valence-electron chi connectivity index (χ0n) is 11.3. The lowest BCUT2D eigenvalue weighted by Gasteiger charge is -2.19. The van der Waals surface area contributed by atoms with Gasteiger partial charge in [-0.05, 0) is 6.92 Å². The summed E-state index contributed by atoms with van der Waals surface area (Å²) in [5.41, 5.74) is 11.9. The Kier molecular flexibility index (Phi) is 4.21. The highest BCUT2D eigenvalue weighted by atomic mass is 16.5. The van der Waals surface area contributed by atoms with Crippen LogP contribution in [0.3, 0.4) is 0 Å². The number of methoxy groups -OCH3 is 2. The zero-order chi connectivity index (χ0) is 14.7. The van der Waals surface area contributed by atoms with Crippen LogP contribution in [0.15, 0.2) is 0 Å². The molecule has 0 heterocycles. The second-order valence-electron chi connectivity index (χ2n) is 3.78. The lowest BCUT2D eigenvalue weighted by atomic mass is 10.00. The van der Waals surface area contributed by atoms with Gasteiger partial charge >= 0.3 is 0 Å². The van der Waals surface area contributed by atoms with Crippen molar-refractivity contribution in [2.24, 2.45) is 0 Å². The number of ether oxygens (including phenoxy) is 2. The number of hydrogen-bond donors (Lipinski definition) is 3. The fourth-order valence-electron chi connectivity index (χ4n) is 1.87. The molecule has 19 heavy (non-hydrogen) atoms. The van der Waals surface area contributed by atoms with Gasteiger partial charge in [0.1, 0.15) is 5.56 Å². The van der Waals surface area contributed by atoms with Gasteiger partial charge in [0.2, 0.25) is 0 Å². The summed E-state index contributed by atoms with van der Waals surface area (Å²) in [6, 6.07) is 0. The Hall–Kier alpha value is -2.44. The van der Waals surface area contributed by atoms with Crippen LogP contribution in [-0.2, 0) is 0 Å². The van der Waals surface area contributed by atoms with Crippen LogP contribution in [0.5, 0.6) is 11.5 Å². The molecule has 0 aliphatic carbocycles. The van der Waals surface area contributed by atoms with Gasteiger partial charge in [0.05, 0.1) is 31.2 Å². The van der Waals surface area contributed by atoms with Crippen molar-refractivity contribution in [3.8, 4) is 11.5 Å². The van der Waals surface area contributed by atoms with Crippen molar-refractivity contribution in [2.45, 2.75) is 6.92 Å². The molecule has 7 heteroatoms. The van der Waals surface area contributed by atoms with Crippen LogP contribution < -0.4 is 26.3 Å². The van der Waals surface area contributed by atoms with Gasteiger partial charge in [-0.3, -0.25) is 9.59 Å². The molecular weight excluding hydrogens is 250 g/mol. The van der Waals surface area contributed by atoms with Crippen molar-refractivity contribution in [3.63, 3.8) is 0 Å². The predicted molar refractivity (Wildman–Crippen MR) is 71.8 cm³/mol. The lowest BCUT2D eigenvalue weighted by molar-refractivity contribution is 0.0957. The highest BCUT2D eigenvalue weighted by Crippen LogP contribution is 2.42. The van der Waals surface area contributed by atoms with Crippen molar-refractivity contribution in [1.29, 1.82) is 0 Å². The molecule has 0 unspecified atom stereocenters. The number of carbonyl (C=O) groups is 2. The van der Waals surface area contributed by atoms with Crippen LogP contribution in [0, 0.1) is 0 Å². The van der Waals surface area contributed by atoms with Gasteiger partial charge in [-0.15, -0.1) is 0 Å². The molecular formula is C12H17N3O4. The van der Waals surface area contributed by atoms with Gasteiger partial charge in [0, 0.05) is 7.05 Å². The highest BCUT2D eigenvalue weighted by Gasteiger charge is 2.28. The van der Waals surface area contributed by atoms with E-state index in [0.717, 1.165) is 0 Å². The molecule has 0 saturated carbocycles. The Morgan fingerprint density at radius 1 is 1.00 bits per heavy atom. The average Bonchev–Trinajstić information content (AvgIpc) is 2.38. The zero-order valence-corrected chi connectivity index (χ0v) is 11.3. The van der Waals surface area contributed by atoms with E-state index in [-0.39, 0.29) is 39.8 Å². The van der Waals surface area contributed by atoms with Crippen molar-refractivity contribution >= 4 is 23.1 Å². The molecule has 104 valence electrons. The molecule has 0 aromatic heterocycles. The van der Waals surface area contributed by atoms with E-state index in [0.29, 0.717) is 0 Å². The Labute approximate surface area is 110 Å². The highest BCUT2D eigenvalue weighted by molar-refractivity contribution is 6.12. The minimum atomic E-state index is -0.477. The van der Waals surface area contributed by atoms with Gasteiger partial charge in [0.25, 0.3) is 5.91 Å². The molecule has 0 saturated heterocycles. The average molecular weight is 267 g/mol. The first kappa shape index (κ1) is 14.6. The summed E-state index contributed by atoms with van der Waals surface area (Å²) < 4.78 is 10.2. The predicted octanol–water partition coefficient (Wildman–Crippen LogP) is 0.430. The maximum atomic E-state index is 11.8. The van der Waals surface area contributed by atoms with Crippen LogP contribution >= 0.6 is 0 Å². The Bertz CT molecular complexity index is 541. The van der Waals surface area contributed by atoms with E-state index in [9.17, 15) is 9.59 Å². The normalized spacial score (nSPS) is 9.89. The van der Waals surface area contributed by atoms with E-state index in [2.05, 4.69) is 5.32 Å². The second-order valence-corrected chi connectivity index (χ2v) is 3.78. The molecule has 1 amide bonds. The quantitative estimate of drug-likeness (QED) is 0.538. The van der Waals surface area contributed by atoms with Crippen molar-refractivity contribution in [1.82, 2.24) is 5.32 Å². The summed E-state index contributed by atoms with van der Waals surface area (Å²) in [5.74, 6) is -0.676.